The van der Waals surface area contributed by atoms with E-state index in [9.17, 15) is 30.3 Å². The number of nitrogens with zero attached hydrogens (tertiary/aromatic N) is 3. The standard InChI is InChI=1S/C2H6O.4C2H6S2.CH4.3Bi.HI.3NO3/c1-2-3;4*3-1-2-4;;;;;;3*2-1(3)4/h3H,2H2,1H3;4*3-4H,1-2H2;1H4;;;;1H;;;/q;;;;;;3*+3;;3*-1/p-6. The first-order chi connectivity index (χ1) is 16.2. The first-order valence-corrected chi connectivity index (χ1v) is 45.4. The molecule has 13 nitrogen and oxygen atoms in total. The second kappa shape index (κ2) is 34.9. The summed E-state index contributed by atoms with van der Waals surface area (Å²) in [5.74, 6) is 10.6. The Kier molecular flexibility index (Phi) is 45.3. The number of thiol groups is 2. The summed E-state index contributed by atoms with van der Waals surface area (Å²) in [4.78, 5) is 28.8. The first-order valence-electron chi connectivity index (χ1n) is 8.67. The maximum atomic E-state index is 9.60. The molecule has 1 N–H and O–H groups in total. The van der Waals surface area contributed by atoms with E-state index in [0.29, 0.717) is 0 Å². The minimum atomic E-state index is -4.64. The molecule has 2 fully saturated rings. The molecule has 2 rings (SSSR count). The fourth-order valence-corrected chi connectivity index (χ4v) is 72.5. The molecular weight excluding hydrogens is 1340 g/mol. The van der Waals surface area contributed by atoms with Gasteiger partial charge in [-0.1, -0.05) is 7.43 Å². The van der Waals surface area contributed by atoms with Crippen molar-refractivity contribution in [2.75, 3.05) is 52.6 Å². The Balaban J connectivity index is -0.000000217. The van der Waals surface area contributed by atoms with Crippen LogP contribution < -0.4 is 0 Å². The molecule has 0 saturated carbocycles. The maximum Gasteiger partial charge on any atom is -0.000932 e. The van der Waals surface area contributed by atoms with Gasteiger partial charge >= 0.3 is 198 Å². The number of hydrogen-bond donors (Lipinski definition) is 3. The normalized spacial score (nSPS) is 14.2. The largest absolute Gasteiger partial charge is 0.179 e. The molecule has 0 amide bonds. The molecule has 0 radical (unpaired) electrons. The van der Waals surface area contributed by atoms with Crippen molar-refractivity contribution >= 4 is 158 Å². The Morgan fingerprint density at radius 2 is 1.08 bits per heavy atom. The van der Waals surface area contributed by atoms with E-state index >= 15 is 0 Å². The van der Waals surface area contributed by atoms with Crippen LogP contribution in [0.25, 0.3) is 0 Å². The van der Waals surface area contributed by atoms with Crippen molar-refractivity contribution in [3.8, 4) is 0 Å². The predicted octanol–water partition coefficient (Wildman–Crippen LogP) is 4.08. The maximum absolute atomic E-state index is 9.60. The van der Waals surface area contributed by atoms with Gasteiger partial charge in [0.25, 0.3) is 0 Å². The summed E-state index contributed by atoms with van der Waals surface area (Å²) in [5, 5.41) is 32.0. The zero-order valence-corrected chi connectivity index (χ0v) is 37.4. The molecule has 2 heterocycles. The van der Waals surface area contributed by atoms with Crippen LogP contribution >= 0.6 is 100 Å². The average molecular weight is 1370 g/mol. The molecule has 2 aliphatic rings. The fraction of sp³-hybridized carbons (Fsp3) is 1.00. The van der Waals surface area contributed by atoms with Crippen molar-refractivity contribution in [1.29, 1.82) is 0 Å². The van der Waals surface area contributed by atoms with Gasteiger partial charge in [-0.3, -0.25) is 0 Å². The van der Waals surface area contributed by atoms with Gasteiger partial charge in [0.05, 0.1) is 0 Å². The number of aliphatic hydroxyl groups is 1. The second-order valence-corrected chi connectivity index (χ2v) is 65.8. The van der Waals surface area contributed by atoms with E-state index in [1.807, 2.05) is 0 Å². The topological polar surface area (TPSA) is 177 Å². The smallest absolute Gasteiger partial charge is 0.000932 e. The minimum absolute atomic E-state index is 0. The third-order valence-electron chi connectivity index (χ3n) is 1.93. The van der Waals surface area contributed by atoms with Crippen LogP contribution in [0, 0.1) is 30.3 Å². The molecule has 0 aromatic heterocycles. The van der Waals surface area contributed by atoms with Crippen LogP contribution in [-0.2, 0) is 8.74 Å². The molecule has 0 bridgehead atoms. The van der Waals surface area contributed by atoms with Crippen molar-refractivity contribution in [1.82, 2.24) is 0 Å². The average Bonchev–Trinajstić information content (AvgIpc) is 3.45. The molecule has 36 heavy (non-hydrogen) atoms. The summed E-state index contributed by atoms with van der Waals surface area (Å²) in [6.07, 6.45) is 0. The summed E-state index contributed by atoms with van der Waals surface area (Å²) in [5.41, 5.74) is 0. The van der Waals surface area contributed by atoms with Gasteiger partial charge in [0, 0.05) is 6.61 Å². The Morgan fingerprint density at radius 3 is 1.28 bits per heavy atom. The van der Waals surface area contributed by atoms with E-state index < -0.39 is 73.0 Å². The van der Waals surface area contributed by atoms with Crippen LogP contribution in [-0.4, -0.2) is 131 Å². The fourth-order valence-electron chi connectivity index (χ4n) is 1.10. The van der Waals surface area contributed by atoms with Gasteiger partial charge in [0.2, 0.25) is 0 Å². The monoisotopic (exact) mass is 1370 g/mol. The number of hydrogen-bond acceptors (Lipinski definition) is 18. The third-order valence-corrected chi connectivity index (χ3v) is 71.0. The van der Waals surface area contributed by atoms with Crippen LogP contribution in [0.3, 0.4) is 0 Å². The summed E-state index contributed by atoms with van der Waals surface area (Å²) >= 11 is 1.06. The van der Waals surface area contributed by atoms with E-state index in [1.165, 1.54) is 34.5 Å². The Labute approximate surface area is 279 Å². The predicted molar refractivity (Wildman–Crippen MR) is 179 cm³/mol. The van der Waals surface area contributed by atoms with E-state index in [1.54, 1.807) is 6.92 Å². The summed E-state index contributed by atoms with van der Waals surface area (Å²) in [6.45, 7) is 1.93. The van der Waals surface area contributed by atoms with Crippen LogP contribution in [0.4, 0.5) is 0 Å². The van der Waals surface area contributed by atoms with Gasteiger partial charge < -0.3 is 5.11 Å². The Morgan fingerprint density at radius 1 is 0.833 bits per heavy atom. The molecule has 218 valence electrons. The van der Waals surface area contributed by atoms with Gasteiger partial charge in [-0.25, -0.2) is 0 Å². The van der Waals surface area contributed by atoms with E-state index in [0.717, 1.165) is 11.5 Å². The van der Waals surface area contributed by atoms with E-state index in [-0.39, 0.29) is 38.0 Å². The molecule has 0 unspecified atom stereocenters. The summed E-state index contributed by atoms with van der Waals surface area (Å²) < 4.78 is 10.4. The van der Waals surface area contributed by atoms with Crippen molar-refractivity contribution in [3.63, 3.8) is 0 Å². The van der Waals surface area contributed by atoms with Gasteiger partial charge in [-0.2, -0.15) is 25.3 Å². The van der Waals surface area contributed by atoms with Crippen LogP contribution in [0.2, 0.25) is 0 Å². The Bertz CT molecular complexity index is 494. The number of rotatable bonds is 12. The molecule has 2 aliphatic heterocycles. The molecule has 25 heteroatoms. The van der Waals surface area contributed by atoms with E-state index in [4.69, 9.17) is 5.11 Å². The zero-order chi connectivity index (χ0) is 26.2. The molecule has 0 atom stereocenters. The summed E-state index contributed by atoms with van der Waals surface area (Å²) in [6, 6.07) is 0. The summed E-state index contributed by atoms with van der Waals surface area (Å²) in [7, 11) is 14.2. The zero-order valence-electron chi connectivity index (χ0n) is 17.9. The molecule has 0 aromatic rings. The minimum Gasteiger partial charge on any atom is -0.179 e. The van der Waals surface area contributed by atoms with Crippen LogP contribution in [0.1, 0.15) is 14.4 Å². The Hall–Kier alpha value is 3.74. The molecular formula is C11H29Bi3IN3O10S8. The molecule has 0 spiro atoms. The molecule has 2 saturated heterocycles. The van der Waals surface area contributed by atoms with Gasteiger partial charge in [0.15, 0.2) is 0 Å². The second-order valence-electron chi connectivity index (χ2n) is 4.35. The van der Waals surface area contributed by atoms with Gasteiger partial charge in [-0.15, -0.1) is 24.0 Å². The van der Waals surface area contributed by atoms with Crippen molar-refractivity contribution in [2.45, 2.75) is 14.4 Å². The third kappa shape index (κ3) is 35.8. The van der Waals surface area contributed by atoms with Crippen molar-refractivity contribution < 1.29 is 29.1 Å². The molecule has 0 aliphatic carbocycles. The number of aliphatic hydroxyl groups excluding tert-OH is 1. The number of halogens is 1. The van der Waals surface area contributed by atoms with E-state index in [2.05, 4.69) is 85.1 Å². The first kappa shape index (κ1) is 46.7. The van der Waals surface area contributed by atoms with Crippen LogP contribution in [0.15, 0.2) is 0 Å². The quantitative estimate of drug-likeness (QED) is 0.0636. The van der Waals surface area contributed by atoms with Gasteiger partial charge in [0.1, 0.15) is 0 Å². The van der Waals surface area contributed by atoms with Crippen LogP contribution in [0.5, 0.6) is 0 Å². The van der Waals surface area contributed by atoms with Crippen molar-refractivity contribution in [3.05, 3.63) is 30.3 Å². The molecule has 0 aromatic carbocycles. The van der Waals surface area contributed by atoms with Crippen molar-refractivity contribution in [2.24, 2.45) is 0 Å². The SMILES string of the molecule is C.C1C[S][Bi]([S]CC[S][Bi]2[S]CC[S]2)[S]1.CCO.I.O=[N+]([O-])[O][Bi]([O][N+](=O)[O-])[O][N+](=O)[O-].SCCS. The van der Waals surface area contributed by atoms with Gasteiger partial charge in [-0.05, 0) is 18.4 Å².